The highest BCUT2D eigenvalue weighted by Crippen LogP contribution is 2.36. The lowest BCUT2D eigenvalue weighted by molar-refractivity contribution is -0.144. The number of anilines is 1. The molecule has 1 aliphatic rings. The van der Waals surface area contributed by atoms with Gasteiger partial charge in [-0.05, 0) is 64.6 Å². The third-order valence-electron chi connectivity index (χ3n) is 5.39. The molecule has 3 atom stereocenters. The Labute approximate surface area is 208 Å². The molecule has 1 fully saturated rings. The minimum atomic E-state index is -2.53. The zero-order valence-corrected chi connectivity index (χ0v) is 20.0. The van der Waals surface area contributed by atoms with E-state index in [1.807, 2.05) is 0 Å². The number of hydrogen-bond donors (Lipinski definition) is 4. The number of ketones is 1. The summed E-state index contributed by atoms with van der Waals surface area (Å²) in [6.07, 6.45) is 0. The molecule has 4 N–H and O–H groups in total. The number of halogens is 2. The SMILES string of the molecule is O=C1NC(c2ccc(Cl)cc2)C(C(=O)c2ccccc2)C(O)(C(=O)Nc2ccc(I)cc2)N1. The Morgan fingerprint density at radius 2 is 1.61 bits per heavy atom. The predicted molar refractivity (Wildman–Crippen MR) is 133 cm³/mol. The number of hydrogen-bond acceptors (Lipinski definition) is 4. The van der Waals surface area contributed by atoms with Crippen molar-refractivity contribution in [1.29, 1.82) is 0 Å². The first-order valence-electron chi connectivity index (χ1n) is 10.0. The molecule has 3 unspecified atom stereocenters. The van der Waals surface area contributed by atoms with E-state index >= 15 is 0 Å². The van der Waals surface area contributed by atoms with Crippen LogP contribution in [-0.2, 0) is 4.79 Å². The highest BCUT2D eigenvalue weighted by Gasteiger charge is 2.56. The summed E-state index contributed by atoms with van der Waals surface area (Å²) in [5, 5.41) is 19.6. The fraction of sp³-hybridized carbons (Fsp3) is 0.125. The minimum Gasteiger partial charge on any atom is -0.362 e. The average molecular weight is 576 g/mol. The molecule has 0 saturated carbocycles. The van der Waals surface area contributed by atoms with E-state index in [9.17, 15) is 19.5 Å². The third-order valence-corrected chi connectivity index (χ3v) is 6.36. The van der Waals surface area contributed by atoms with Gasteiger partial charge in [0.25, 0.3) is 5.91 Å². The van der Waals surface area contributed by atoms with Crippen molar-refractivity contribution < 1.29 is 19.5 Å². The molecule has 1 heterocycles. The molecular weight excluding hydrogens is 557 g/mol. The van der Waals surface area contributed by atoms with E-state index in [2.05, 4.69) is 38.5 Å². The molecule has 7 nitrogen and oxygen atoms in total. The topological polar surface area (TPSA) is 108 Å². The molecule has 3 aromatic rings. The quantitative estimate of drug-likeness (QED) is 0.271. The molecule has 0 spiro atoms. The molecule has 3 aromatic carbocycles. The highest BCUT2D eigenvalue weighted by atomic mass is 127. The van der Waals surface area contributed by atoms with Gasteiger partial charge in [0.05, 0.1) is 6.04 Å². The van der Waals surface area contributed by atoms with E-state index in [0.717, 1.165) is 3.57 Å². The summed E-state index contributed by atoms with van der Waals surface area (Å²) in [5.74, 6) is -2.81. The van der Waals surface area contributed by atoms with Crippen LogP contribution in [0.2, 0.25) is 5.02 Å². The lowest BCUT2D eigenvalue weighted by atomic mass is 9.77. The van der Waals surface area contributed by atoms with Crippen LogP contribution in [0.1, 0.15) is 22.0 Å². The summed E-state index contributed by atoms with van der Waals surface area (Å²) in [6, 6.07) is 19.9. The first-order chi connectivity index (χ1) is 15.8. The van der Waals surface area contributed by atoms with Crippen molar-refractivity contribution in [2.45, 2.75) is 11.8 Å². The summed E-state index contributed by atoms with van der Waals surface area (Å²) >= 11 is 8.13. The molecule has 0 bridgehead atoms. The Bertz CT molecular complexity index is 1190. The average Bonchev–Trinajstić information content (AvgIpc) is 2.81. The van der Waals surface area contributed by atoms with Gasteiger partial charge < -0.3 is 21.1 Å². The summed E-state index contributed by atoms with van der Waals surface area (Å²) < 4.78 is 0.958. The Balaban J connectivity index is 1.78. The second-order valence-corrected chi connectivity index (χ2v) is 9.25. The van der Waals surface area contributed by atoms with E-state index in [0.29, 0.717) is 21.8 Å². The molecule has 1 aliphatic heterocycles. The fourth-order valence-corrected chi connectivity index (χ4v) is 4.26. The maximum Gasteiger partial charge on any atom is 0.317 e. The van der Waals surface area contributed by atoms with Gasteiger partial charge in [-0.2, -0.15) is 0 Å². The number of carbonyl (C=O) groups excluding carboxylic acids is 3. The Hall–Kier alpha value is -2.95. The van der Waals surface area contributed by atoms with Crippen molar-refractivity contribution >= 4 is 57.6 Å². The van der Waals surface area contributed by atoms with Crippen LogP contribution in [0.5, 0.6) is 0 Å². The summed E-state index contributed by atoms with van der Waals surface area (Å²) in [5.41, 5.74) is -1.30. The summed E-state index contributed by atoms with van der Waals surface area (Å²) in [4.78, 5) is 39.5. The highest BCUT2D eigenvalue weighted by molar-refractivity contribution is 14.1. The summed E-state index contributed by atoms with van der Waals surface area (Å²) in [7, 11) is 0. The van der Waals surface area contributed by atoms with Gasteiger partial charge in [-0.3, -0.25) is 9.59 Å². The smallest absolute Gasteiger partial charge is 0.317 e. The van der Waals surface area contributed by atoms with Crippen LogP contribution in [0.4, 0.5) is 10.5 Å². The van der Waals surface area contributed by atoms with Gasteiger partial charge in [0.15, 0.2) is 5.78 Å². The van der Waals surface area contributed by atoms with Gasteiger partial charge in [0, 0.05) is 19.8 Å². The second-order valence-electron chi connectivity index (χ2n) is 7.56. The lowest BCUT2D eigenvalue weighted by Gasteiger charge is -2.43. The number of Topliss-reactive ketones (excluding diaryl/α,β-unsaturated/α-hetero) is 1. The number of rotatable bonds is 5. The van der Waals surface area contributed by atoms with Crippen LogP contribution in [0.15, 0.2) is 78.9 Å². The van der Waals surface area contributed by atoms with Crippen molar-refractivity contribution in [2.75, 3.05) is 5.32 Å². The Morgan fingerprint density at radius 1 is 0.970 bits per heavy atom. The van der Waals surface area contributed by atoms with Crippen LogP contribution in [0.3, 0.4) is 0 Å². The lowest BCUT2D eigenvalue weighted by Crippen LogP contribution is -2.71. The molecule has 9 heteroatoms. The maximum atomic E-state index is 13.6. The number of nitrogens with one attached hydrogen (secondary N) is 3. The van der Waals surface area contributed by atoms with Crippen molar-refractivity contribution in [3.63, 3.8) is 0 Å². The normalized spacial score (nSPS) is 22.1. The molecule has 3 amide bonds. The van der Waals surface area contributed by atoms with Gasteiger partial charge in [-0.15, -0.1) is 0 Å². The molecule has 168 valence electrons. The predicted octanol–water partition coefficient (Wildman–Crippen LogP) is 4.12. The van der Waals surface area contributed by atoms with E-state index in [1.54, 1.807) is 78.9 Å². The van der Waals surface area contributed by atoms with Crippen LogP contribution >= 0.6 is 34.2 Å². The van der Waals surface area contributed by atoms with E-state index in [1.165, 1.54) is 0 Å². The number of carbonyl (C=O) groups is 3. The van der Waals surface area contributed by atoms with Gasteiger partial charge in [-0.25, -0.2) is 4.79 Å². The number of aliphatic hydroxyl groups is 1. The monoisotopic (exact) mass is 575 g/mol. The molecule has 0 aliphatic carbocycles. The van der Waals surface area contributed by atoms with Crippen LogP contribution in [0.25, 0.3) is 0 Å². The number of urea groups is 1. The molecule has 1 saturated heterocycles. The molecule has 0 radical (unpaired) electrons. The van der Waals surface area contributed by atoms with Crippen molar-refractivity contribution in [3.8, 4) is 0 Å². The second kappa shape index (κ2) is 9.50. The largest absolute Gasteiger partial charge is 0.362 e. The van der Waals surface area contributed by atoms with Crippen molar-refractivity contribution in [3.05, 3.63) is 98.6 Å². The maximum absolute atomic E-state index is 13.6. The molecule has 33 heavy (non-hydrogen) atoms. The van der Waals surface area contributed by atoms with Crippen LogP contribution in [-0.4, -0.2) is 28.6 Å². The van der Waals surface area contributed by atoms with Gasteiger partial charge in [0.2, 0.25) is 5.72 Å². The van der Waals surface area contributed by atoms with Gasteiger partial charge in [0.1, 0.15) is 5.92 Å². The number of benzene rings is 3. The molecule has 0 aromatic heterocycles. The van der Waals surface area contributed by atoms with Crippen LogP contribution < -0.4 is 16.0 Å². The van der Waals surface area contributed by atoms with E-state index in [-0.39, 0.29) is 0 Å². The van der Waals surface area contributed by atoms with E-state index < -0.39 is 35.4 Å². The first kappa shape index (κ1) is 23.2. The minimum absolute atomic E-state index is 0.292. The van der Waals surface area contributed by atoms with Crippen LogP contribution in [0, 0.1) is 9.49 Å². The first-order valence-corrected chi connectivity index (χ1v) is 11.5. The molecule has 4 rings (SSSR count). The van der Waals surface area contributed by atoms with Crippen molar-refractivity contribution in [2.24, 2.45) is 5.92 Å². The zero-order chi connectivity index (χ0) is 23.6. The third kappa shape index (κ3) is 4.87. The van der Waals surface area contributed by atoms with Gasteiger partial charge in [-0.1, -0.05) is 54.1 Å². The molecular formula is C24H19ClIN3O4. The van der Waals surface area contributed by atoms with E-state index in [4.69, 9.17) is 11.6 Å². The standard InChI is InChI=1S/C24H19ClIN3O4/c25-16-8-6-14(7-9-16)20-19(21(30)15-4-2-1-3-5-15)24(33,29-23(32)28-20)22(31)27-18-12-10-17(26)11-13-18/h1-13,19-20,33H,(H,27,31)(H2,28,29,32). The van der Waals surface area contributed by atoms with Crippen molar-refractivity contribution in [1.82, 2.24) is 10.6 Å². The zero-order valence-electron chi connectivity index (χ0n) is 17.1. The fourth-order valence-electron chi connectivity index (χ4n) is 3.78. The number of amides is 3. The Morgan fingerprint density at radius 3 is 2.24 bits per heavy atom. The van der Waals surface area contributed by atoms with Gasteiger partial charge >= 0.3 is 6.03 Å². The summed E-state index contributed by atoms with van der Waals surface area (Å²) in [6.45, 7) is 0. The Kier molecular flexibility index (Phi) is 6.68.